The second-order valence-corrected chi connectivity index (χ2v) is 16.6. The maximum atomic E-state index is 2.42. The Labute approximate surface area is 373 Å². The quantitative estimate of drug-likeness (QED) is 0.148. The van der Waals surface area contributed by atoms with Gasteiger partial charge in [0.15, 0.2) is 0 Å². The van der Waals surface area contributed by atoms with E-state index in [-0.39, 0.29) is 0 Å². The Morgan fingerprint density at radius 3 is 1.42 bits per heavy atom. The van der Waals surface area contributed by atoms with Gasteiger partial charge in [0, 0.05) is 33.5 Å². The Morgan fingerprint density at radius 2 is 0.766 bits per heavy atom. The molecule has 1 heterocycles. The molecule has 0 N–H and O–H groups in total. The molecule has 0 spiro atoms. The lowest BCUT2D eigenvalue weighted by Gasteiger charge is -2.27. The summed E-state index contributed by atoms with van der Waals surface area (Å²) in [6, 6.07) is 92.8. The highest BCUT2D eigenvalue weighted by Gasteiger charge is 2.20. The van der Waals surface area contributed by atoms with Gasteiger partial charge in [-0.25, -0.2) is 0 Å². The number of rotatable bonds is 8. The van der Waals surface area contributed by atoms with Crippen LogP contribution < -0.4 is 4.90 Å². The number of hydrogen-bond acceptors (Lipinski definition) is 1. The lowest BCUT2D eigenvalue weighted by molar-refractivity contribution is 1.18. The average Bonchev–Trinajstić information content (AvgIpc) is 3.70. The molecule has 0 radical (unpaired) electrons. The number of anilines is 3. The van der Waals surface area contributed by atoms with Gasteiger partial charge in [-0.05, 0) is 151 Å². The summed E-state index contributed by atoms with van der Waals surface area (Å²) in [6.45, 7) is 0. The predicted octanol–water partition coefficient (Wildman–Crippen LogP) is 17.2. The fourth-order valence-electron chi connectivity index (χ4n) is 9.62. The van der Waals surface area contributed by atoms with Crippen LogP contribution in [0.5, 0.6) is 0 Å². The fraction of sp³-hybridized carbons (Fsp3) is 0. The normalized spacial score (nSPS) is 11.4. The van der Waals surface area contributed by atoms with Crippen molar-refractivity contribution in [2.24, 2.45) is 0 Å². The molecule has 0 aliphatic rings. The van der Waals surface area contributed by atoms with E-state index < -0.39 is 0 Å². The van der Waals surface area contributed by atoms with Crippen molar-refractivity contribution in [1.29, 1.82) is 0 Å². The summed E-state index contributed by atoms with van der Waals surface area (Å²) in [5.74, 6) is 0. The van der Waals surface area contributed by atoms with Gasteiger partial charge in [-0.1, -0.05) is 170 Å². The fourth-order valence-corrected chi connectivity index (χ4v) is 9.62. The molecule has 0 atom stereocenters. The molecule has 2 heteroatoms. The van der Waals surface area contributed by atoms with E-state index in [1.54, 1.807) is 0 Å². The summed E-state index contributed by atoms with van der Waals surface area (Å²) < 4.78 is 2.42. The molecule has 0 bridgehead atoms. The third-order valence-electron chi connectivity index (χ3n) is 12.7. The van der Waals surface area contributed by atoms with E-state index in [1.165, 1.54) is 82.3 Å². The number of nitrogens with zero attached hydrogens (tertiary/aromatic N) is 2. The van der Waals surface area contributed by atoms with Gasteiger partial charge in [-0.15, -0.1) is 0 Å². The number of aromatic nitrogens is 1. The van der Waals surface area contributed by atoms with Crippen molar-refractivity contribution in [2.75, 3.05) is 4.90 Å². The SMILES string of the molecule is c1ccc(-c2cc(-c3ccccc3)cc(-c3ccc(N(c4cccc(-c5cccc6c5c5cc7ccccc7cc5n6-c5ccccc5)c4)c4ccc5ccccc5c4)cc3)c2)cc1. The van der Waals surface area contributed by atoms with Crippen LogP contribution in [-0.4, -0.2) is 4.57 Å². The maximum absolute atomic E-state index is 2.42. The zero-order valence-corrected chi connectivity index (χ0v) is 35.1. The minimum atomic E-state index is 1.09. The van der Waals surface area contributed by atoms with Crippen LogP contribution in [0.1, 0.15) is 0 Å². The van der Waals surface area contributed by atoms with Gasteiger partial charge in [0.05, 0.1) is 11.0 Å². The second-order valence-electron chi connectivity index (χ2n) is 16.6. The zero-order chi connectivity index (χ0) is 42.4. The summed E-state index contributed by atoms with van der Waals surface area (Å²) in [7, 11) is 0. The Hall–Kier alpha value is -8.46. The van der Waals surface area contributed by atoms with Crippen molar-refractivity contribution in [3.8, 4) is 50.2 Å². The summed E-state index contributed by atoms with van der Waals surface area (Å²) in [5.41, 5.74) is 16.3. The molecule has 0 saturated heterocycles. The minimum Gasteiger partial charge on any atom is -0.310 e. The van der Waals surface area contributed by atoms with E-state index in [1.807, 2.05) is 0 Å². The Kier molecular flexibility index (Phi) is 9.20. The van der Waals surface area contributed by atoms with Crippen molar-refractivity contribution < 1.29 is 0 Å². The number of fused-ring (bicyclic) bond motifs is 5. The van der Waals surface area contributed by atoms with Crippen molar-refractivity contribution >= 4 is 60.4 Å². The first kappa shape index (κ1) is 37.3. The number of benzene rings is 11. The van der Waals surface area contributed by atoms with Gasteiger partial charge in [-0.2, -0.15) is 0 Å². The number of hydrogen-bond donors (Lipinski definition) is 0. The molecular weight excluding hydrogens is 773 g/mol. The van der Waals surface area contributed by atoms with Crippen molar-refractivity contribution in [3.05, 3.63) is 255 Å². The lowest BCUT2D eigenvalue weighted by atomic mass is 9.93. The van der Waals surface area contributed by atoms with Gasteiger partial charge in [-0.3, -0.25) is 0 Å². The third-order valence-corrected chi connectivity index (χ3v) is 12.7. The van der Waals surface area contributed by atoms with E-state index in [2.05, 4.69) is 264 Å². The predicted molar refractivity (Wildman–Crippen MR) is 272 cm³/mol. The van der Waals surface area contributed by atoms with Crippen molar-refractivity contribution in [3.63, 3.8) is 0 Å². The summed E-state index contributed by atoms with van der Waals surface area (Å²) in [4.78, 5) is 2.40. The smallest absolute Gasteiger partial charge is 0.0547 e. The Morgan fingerprint density at radius 1 is 0.266 bits per heavy atom. The van der Waals surface area contributed by atoms with Crippen LogP contribution in [0.2, 0.25) is 0 Å². The van der Waals surface area contributed by atoms with Crippen molar-refractivity contribution in [1.82, 2.24) is 4.57 Å². The van der Waals surface area contributed by atoms with Crippen LogP contribution in [0, 0.1) is 0 Å². The standard InChI is InChI=1S/C62H42N2/c1-4-16-43(17-5-1)51-36-52(44-18-6-2-7-19-44)38-53(37-51)46-30-33-55(34-31-46)63(57-35-32-45-20-10-11-21-47(45)39-57)56-27-14-24-50(40-56)58-28-15-29-60-62(58)59-41-48-22-12-13-23-49(48)42-61(59)64(60)54-25-8-3-9-26-54/h1-42H. The third kappa shape index (κ3) is 6.70. The zero-order valence-electron chi connectivity index (χ0n) is 35.1. The Bertz CT molecular complexity index is 3590. The molecule has 2 nitrogen and oxygen atoms in total. The molecule has 1 aromatic heterocycles. The molecular formula is C62H42N2. The van der Waals surface area contributed by atoms with E-state index in [0.717, 1.165) is 28.3 Å². The van der Waals surface area contributed by atoms with Gasteiger partial charge >= 0.3 is 0 Å². The molecule has 0 unspecified atom stereocenters. The van der Waals surface area contributed by atoms with Gasteiger partial charge in [0.1, 0.15) is 0 Å². The monoisotopic (exact) mass is 814 g/mol. The first-order valence-electron chi connectivity index (χ1n) is 22.0. The van der Waals surface area contributed by atoms with Crippen LogP contribution in [0.4, 0.5) is 17.1 Å². The van der Waals surface area contributed by atoms with Gasteiger partial charge in [0.2, 0.25) is 0 Å². The highest BCUT2D eigenvalue weighted by atomic mass is 15.1. The van der Waals surface area contributed by atoms with E-state index in [9.17, 15) is 0 Å². The molecule has 0 saturated carbocycles. The molecule has 0 amide bonds. The highest BCUT2D eigenvalue weighted by molar-refractivity contribution is 6.18. The Balaban J connectivity index is 1.01. The topological polar surface area (TPSA) is 8.17 Å². The molecule has 12 aromatic rings. The largest absolute Gasteiger partial charge is 0.310 e. The summed E-state index contributed by atoms with van der Waals surface area (Å²) in [6.07, 6.45) is 0. The van der Waals surface area contributed by atoms with Crippen LogP contribution >= 0.6 is 0 Å². The molecule has 300 valence electrons. The molecule has 11 aromatic carbocycles. The molecule has 12 rings (SSSR count). The summed E-state index contributed by atoms with van der Waals surface area (Å²) >= 11 is 0. The first-order chi connectivity index (χ1) is 31.7. The van der Waals surface area contributed by atoms with Gasteiger partial charge in [0.25, 0.3) is 0 Å². The van der Waals surface area contributed by atoms with Gasteiger partial charge < -0.3 is 9.47 Å². The summed E-state index contributed by atoms with van der Waals surface area (Å²) in [5, 5.41) is 7.38. The van der Waals surface area contributed by atoms with E-state index in [0.29, 0.717) is 0 Å². The van der Waals surface area contributed by atoms with Crippen LogP contribution in [-0.2, 0) is 0 Å². The molecule has 0 fully saturated rings. The highest BCUT2D eigenvalue weighted by Crippen LogP contribution is 2.43. The first-order valence-corrected chi connectivity index (χ1v) is 22.0. The van der Waals surface area contributed by atoms with E-state index in [4.69, 9.17) is 0 Å². The molecule has 64 heavy (non-hydrogen) atoms. The second kappa shape index (κ2) is 15.8. The maximum Gasteiger partial charge on any atom is 0.0547 e. The number of para-hydroxylation sites is 1. The van der Waals surface area contributed by atoms with Crippen LogP contribution in [0.3, 0.4) is 0 Å². The van der Waals surface area contributed by atoms with Crippen molar-refractivity contribution in [2.45, 2.75) is 0 Å². The minimum absolute atomic E-state index is 1.09. The lowest BCUT2D eigenvalue weighted by Crippen LogP contribution is -2.10. The molecule has 0 aliphatic carbocycles. The average molecular weight is 815 g/mol. The van der Waals surface area contributed by atoms with Crippen LogP contribution in [0.15, 0.2) is 255 Å². The molecule has 0 aliphatic heterocycles. The van der Waals surface area contributed by atoms with Crippen LogP contribution in [0.25, 0.3) is 93.5 Å². The van der Waals surface area contributed by atoms with E-state index >= 15 is 0 Å².